The highest BCUT2D eigenvalue weighted by atomic mass is 79.9. The molecule has 1 heterocycles. The van der Waals surface area contributed by atoms with E-state index in [2.05, 4.69) is 46.4 Å². The lowest BCUT2D eigenvalue weighted by Gasteiger charge is -2.17. The van der Waals surface area contributed by atoms with E-state index in [0.717, 1.165) is 14.4 Å². The first-order valence-corrected chi connectivity index (χ1v) is 7.71. The summed E-state index contributed by atoms with van der Waals surface area (Å²) in [5.74, 6) is 0. The van der Waals surface area contributed by atoms with Crippen LogP contribution >= 0.6 is 38.9 Å². The van der Waals surface area contributed by atoms with Crippen molar-refractivity contribution in [3.05, 3.63) is 54.6 Å². The average Bonchev–Trinajstić information content (AvgIpc) is 2.64. The van der Waals surface area contributed by atoms with Crippen LogP contribution in [0.3, 0.4) is 0 Å². The van der Waals surface area contributed by atoms with Gasteiger partial charge in [-0.05, 0) is 65.6 Å². The topological polar surface area (TPSA) is 12.0 Å². The van der Waals surface area contributed by atoms with Crippen LogP contribution in [0.25, 0.3) is 0 Å². The third kappa shape index (κ3) is 2.80. The molecule has 0 aliphatic carbocycles. The van der Waals surface area contributed by atoms with Gasteiger partial charge in [0.15, 0.2) is 0 Å². The fourth-order valence-electron chi connectivity index (χ4n) is 2.04. The van der Waals surface area contributed by atoms with Crippen molar-refractivity contribution in [1.82, 2.24) is 5.32 Å². The smallest absolute Gasteiger partial charge is 0.0704 e. The molecule has 0 aliphatic heterocycles. The largest absolute Gasteiger partial charge is 0.309 e. The van der Waals surface area contributed by atoms with Gasteiger partial charge in [-0.3, -0.25) is 0 Å². The molecular formula is C14H15BrClNS. The Hall–Kier alpha value is -0.350. The molecule has 0 spiro atoms. The second-order valence-corrected chi connectivity index (χ2v) is 7.34. The van der Waals surface area contributed by atoms with E-state index in [1.807, 2.05) is 20.0 Å². The number of rotatable bonds is 3. The molecule has 2 aromatic rings. The first kappa shape index (κ1) is 14.1. The Labute approximate surface area is 125 Å². The number of hydrogen-bond acceptors (Lipinski definition) is 2. The SMILES string of the molecule is CNC(c1ccc(C)c(Cl)c1)c1cc(Br)sc1C. The molecule has 1 nitrogen and oxygen atoms in total. The Morgan fingerprint density at radius 3 is 2.50 bits per heavy atom. The summed E-state index contributed by atoms with van der Waals surface area (Å²) in [4.78, 5) is 1.32. The number of halogens is 2. The molecule has 0 saturated heterocycles. The van der Waals surface area contributed by atoms with Crippen LogP contribution in [-0.4, -0.2) is 7.05 Å². The van der Waals surface area contributed by atoms with E-state index < -0.39 is 0 Å². The van der Waals surface area contributed by atoms with Gasteiger partial charge in [-0.1, -0.05) is 23.7 Å². The number of thiophene rings is 1. The summed E-state index contributed by atoms with van der Waals surface area (Å²) >= 11 is 11.5. The Morgan fingerprint density at radius 2 is 2.00 bits per heavy atom. The van der Waals surface area contributed by atoms with Crippen molar-refractivity contribution in [1.29, 1.82) is 0 Å². The van der Waals surface area contributed by atoms with Crippen LogP contribution in [-0.2, 0) is 0 Å². The summed E-state index contributed by atoms with van der Waals surface area (Å²) in [5.41, 5.74) is 3.61. The van der Waals surface area contributed by atoms with Crippen LogP contribution in [0.1, 0.15) is 27.6 Å². The summed E-state index contributed by atoms with van der Waals surface area (Å²) in [6.45, 7) is 4.16. The number of nitrogens with one attached hydrogen (secondary N) is 1. The first-order chi connectivity index (χ1) is 8.52. The molecule has 0 amide bonds. The number of benzene rings is 1. The van der Waals surface area contributed by atoms with E-state index in [9.17, 15) is 0 Å². The molecule has 0 radical (unpaired) electrons. The van der Waals surface area contributed by atoms with Gasteiger partial charge in [0.1, 0.15) is 0 Å². The van der Waals surface area contributed by atoms with Gasteiger partial charge in [-0.2, -0.15) is 0 Å². The molecule has 96 valence electrons. The van der Waals surface area contributed by atoms with Gasteiger partial charge < -0.3 is 5.32 Å². The van der Waals surface area contributed by atoms with Gasteiger partial charge in [0, 0.05) is 9.90 Å². The van der Waals surface area contributed by atoms with E-state index in [0.29, 0.717) is 0 Å². The Bertz CT molecular complexity index is 565. The highest BCUT2D eigenvalue weighted by molar-refractivity contribution is 9.11. The van der Waals surface area contributed by atoms with E-state index in [1.54, 1.807) is 11.3 Å². The average molecular weight is 345 g/mol. The minimum Gasteiger partial charge on any atom is -0.309 e. The summed E-state index contributed by atoms with van der Waals surface area (Å²) in [5, 5.41) is 4.18. The van der Waals surface area contributed by atoms with Crippen molar-refractivity contribution in [2.24, 2.45) is 0 Å². The Balaban J connectivity index is 2.45. The minimum absolute atomic E-state index is 0.186. The third-order valence-corrected chi connectivity index (χ3v) is 5.03. The predicted octanol–water partition coefficient (Wildman–Crippen LogP) is 5.09. The van der Waals surface area contributed by atoms with Gasteiger partial charge in [0.05, 0.1) is 9.83 Å². The zero-order valence-corrected chi connectivity index (χ0v) is 13.7. The van der Waals surface area contributed by atoms with Gasteiger partial charge in [0.25, 0.3) is 0 Å². The molecule has 0 fully saturated rings. The molecule has 0 aliphatic rings. The molecule has 2 rings (SSSR count). The highest BCUT2D eigenvalue weighted by Crippen LogP contribution is 2.34. The lowest BCUT2D eigenvalue weighted by atomic mass is 9.99. The van der Waals surface area contributed by atoms with Crippen LogP contribution in [0.4, 0.5) is 0 Å². The van der Waals surface area contributed by atoms with Crippen LogP contribution in [0.2, 0.25) is 5.02 Å². The predicted molar refractivity (Wildman–Crippen MR) is 83.8 cm³/mol. The summed E-state index contributed by atoms with van der Waals surface area (Å²) in [7, 11) is 1.98. The lowest BCUT2D eigenvalue weighted by molar-refractivity contribution is 0.690. The minimum atomic E-state index is 0.186. The molecule has 1 aromatic carbocycles. The highest BCUT2D eigenvalue weighted by Gasteiger charge is 2.17. The molecule has 4 heteroatoms. The maximum absolute atomic E-state index is 6.21. The Kier molecular flexibility index (Phi) is 4.49. The van der Waals surface area contributed by atoms with Crippen LogP contribution in [0.15, 0.2) is 28.1 Å². The number of aryl methyl sites for hydroxylation is 2. The monoisotopic (exact) mass is 343 g/mol. The summed E-state index contributed by atoms with van der Waals surface area (Å²) < 4.78 is 1.16. The van der Waals surface area contributed by atoms with E-state index in [4.69, 9.17) is 11.6 Å². The van der Waals surface area contributed by atoms with Crippen LogP contribution in [0, 0.1) is 13.8 Å². The van der Waals surface area contributed by atoms with E-state index in [1.165, 1.54) is 16.0 Å². The third-order valence-electron chi connectivity index (χ3n) is 3.06. The molecule has 0 saturated carbocycles. The Morgan fingerprint density at radius 1 is 1.28 bits per heavy atom. The molecule has 1 atom stereocenters. The zero-order valence-electron chi connectivity index (χ0n) is 10.6. The quantitative estimate of drug-likeness (QED) is 0.818. The molecule has 0 bridgehead atoms. The summed E-state index contributed by atoms with van der Waals surface area (Å²) in [6.07, 6.45) is 0. The standard InChI is InChI=1S/C14H15BrClNS/c1-8-4-5-10(6-12(8)16)14(17-3)11-7-13(15)18-9(11)2/h4-7,14,17H,1-3H3. The first-order valence-electron chi connectivity index (χ1n) is 5.72. The van der Waals surface area contributed by atoms with Crippen molar-refractivity contribution >= 4 is 38.9 Å². The maximum Gasteiger partial charge on any atom is 0.0704 e. The van der Waals surface area contributed by atoms with Gasteiger partial charge in [-0.25, -0.2) is 0 Å². The van der Waals surface area contributed by atoms with Crippen molar-refractivity contribution < 1.29 is 0 Å². The van der Waals surface area contributed by atoms with E-state index in [-0.39, 0.29) is 6.04 Å². The van der Waals surface area contributed by atoms with Gasteiger partial charge >= 0.3 is 0 Å². The van der Waals surface area contributed by atoms with E-state index >= 15 is 0 Å². The molecular weight excluding hydrogens is 330 g/mol. The molecule has 1 N–H and O–H groups in total. The maximum atomic E-state index is 6.21. The normalized spacial score (nSPS) is 12.7. The fourth-order valence-corrected chi connectivity index (χ4v) is 3.97. The van der Waals surface area contributed by atoms with Crippen LogP contribution in [0.5, 0.6) is 0 Å². The van der Waals surface area contributed by atoms with Gasteiger partial charge in [-0.15, -0.1) is 11.3 Å². The van der Waals surface area contributed by atoms with Crippen LogP contribution < -0.4 is 5.32 Å². The second kappa shape index (κ2) is 5.74. The lowest BCUT2D eigenvalue weighted by Crippen LogP contribution is -2.17. The summed E-state index contributed by atoms with van der Waals surface area (Å²) in [6, 6.07) is 8.61. The van der Waals surface area contributed by atoms with Crippen molar-refractivity contribution in [2.45, 2.75) is 19.9 Å². The van der Waals surface area contributed by atoms with Gasteiger partial charge in [0.2, 0.25) is 0 Å². The van der Waals surface area contributed by atoms with Crippen molar-refractivity contribution in [2.75, 3.05) is 7.05 Å². The van der Waals surface area contributed by atoms with Crippen molar-refractivity contribution in [3.8, 4) is 0 Å². The molecule has 1 unspecified atom stereocenters. The molecule has 1 aromatic heterocycles. The molecule has 18 heavy (non-hydrogen) atoms. The van der Waals surface area contributed by atoms with Crippen molar-refractivity contribution in [3.63, 3.8) is 0 Å². The fraction of sp³-hybridized carbons (Fsp3) is 0.286. The zero-order chi connectivity index (χ0) is 13.3. The number of hydrogen-bond donors (Lipinski definition) is 1. The second-order valence-electron chi connectivity index (χ2n) is 4.29.